The highest BCUT2D eigenvalue weighted by Gasteiger charge is 2.23. The van der Waals surface area contributed by atoms with Crippen LogP contribution in [0.15, 0.2) is 48.5 Å². The molecule has 0 unspecified atom stereocenters. The number of carbonyl (C=O) groups is 1. The molecule has 0 aliphatic rings. The molecule has 0 fully saturated rings. The number of fused-ring (bicyclic) bond motifs is 1. The Kier molecular flexibility index (Phi) is 8.02. The first-order valence-electron chi connectivity index (χ1n) is 12.1. The molecule has 0 aliphatic heterocycles. The number of hydrogen-bond donors (Lipinski definition) is 0. The molecule has 0 saturated heterocycles. The Balaban J connectivity index is 1.63. The average molecular weight is 493 g/mol. The monoisotopic (exact) mass is 492 g/mol. The van der Waals surface area contributed by atoms with E-state index in [4.69, 9.17) is 14.5 Å². The summed E-state index contributed by atoms with van der Waals surface area (Å²) in [5.41, 5.74) is 3.38. The van der Waals surface area contributed by atoms with Crippen LogP contribution in [0.4, 0.5) is 5.13 Å². The molecular formula is C27H32N4O3S. The number of nitrogens with zero attached hydrogens (tertiary/aromatic N) is 4. The van der Waals surface area contributed by atoms with Gasteiger partial charge in [0.25, 0.3) is 5.91 Å². The van der Waals surface area contributed by atoms with Crippen LogP contribution >= 0.6 is 11.3 Å². The number of unbranched alkanes of at least 4 members (excludes halogenated alkanes) is 1. The standard InChI is InChI=1S/C27H32N4O3S/c1-5-7-17-34-22-13-11-21(12-14-22)26(32)30(15-16-31-20(4)18-19(3)29-31)27-28-25-23(33-6-2)9-8-10-24(25)35-27/h8-14,18H,5-7,15-17H2,1-4H3. The molecule has 4 rings (SSSR count). The highest BCUT2D eigenvalue weighted by Crippen LogP contribution is 2.35. The van der Waals surface area contributed by atoms with Gasteiger partial charge in [0.1, 0.15) is 17.0 Å². The summed E-state index contributed by atoms with van der Waals surface area (Å²) in [6.45, 7) is 10.3. The fourth-order valence-corrected chi connectivity index (χ4v) is 4.87. The van der Waals surface area contributed by atoms with E-state index in [0.29, 0.717) is 37.0 Å². The van der Waals surface area contributed by atoms with Gasteiger partial charge in [-0.05, 0) is 69.7 Å². The van der Waals surface area contributed by atoms with Crippen molar-refractivity contribution in [3.8, 4) is 11.5 Å². The Bertz CT molecular complexity index is 1280. The Hall–Kier alpha value is -3.39. The van der Waals surface area contributed by atoms with Crippen molar-refractivity contribution in [1.82, 2.24) is 14.8 Å². The van der Waals surface area contributed by atoms with Gasteiger partial charge in [-0.25, -0.2) is 4.98 Å². The highest BCUT2D eigenvalue weighted by molar-refractivity contribution is 7.22. The van der Waals surface area contributed by atoms with E-state index in [9.17, 15) is 4.79 Å². The number of anilines is 1. The van der Waals surface area contributed by atoms with Gasteiger partial charge in [0, 0.05) is 17.8 Å². The van der Waals surface area contributed by atoms with Crippen LogP contribution in [0.2, 0.25) is 0 Å². The van der Waals surface area contributed by atoms with Crippen molar-refractivity contribution in [2.75, 3.05) is 24.7 Å². The lowest BCUT2D eigenvalue weighted by atomic mass is 10.2. The van der Waals surface area contributed by atoms with Gasteiger partial charge >= 0.3 is 0 Å². The minimum absolute atomic E-state index is 0.108. The zero-order valence-electron chi connectivity index (χ0n) is 20.8. The predicted molar refractivity (Wildman–Crippen MR) is 141 cm³/mol. The third-order valence-electron chi connectivity index (χ3n) is 5.65. The highest BCUT2D eigenvalue weighted by atomic mass is 32.1. The molecule has 7 nitrogen and oxygen atoms in total. The summed E-state index contributed by atoms with van der Waals surface area (Å²) in [6, 6.07) is 15.3. The lowest BCUT2D eigenvalue weighted by Gasteiger charge is -2.20. The average Bonchev–Trinajstić information content (AvgIpc) is 3.42. The van der Waals surface area contributed by atoms with Crippen LogP contribution in [0.1, 0.15) is 48.4 Å². The van der Waals surface area contributed by atoms with E-state index < -0.39 is 0 Å². The first-order chi connectivity index (χ1) is 17.0. The molecule has 1 amide bonds. The van der Waals surface area contributed by atoms with Gasteiger partial charge in [-0.15, -0.1) is 0 Å². The van der Waals surface area contributed by atoms with Crippen LogP contribution in [-0.4, -0.2) is 40.4 Å². The molecule has 8 heteroatoms. The Morgan fingerprint density at radius 3 is 2.57 bits per heavy atom. The van der Waals surface area contributed by atoms with Crippen LogP contribution in [-0.2, 0) is 6.54 Å². The number of hydrogen-bond acceptors (Lipinski definition) is 6. The number of benzene rings is 2. The normalized spacial score (nSPS) is 11.1. The van der Waals surface area contributed by atoms with Gasteiger partial charge in [-0.1, -0.05) is 30.7 Å². The van der Waals surface area contributed by atoms with Crippen molar-refractivity contribution in [3.05, 3.63) is 65.5 Å². The second-order valence-corrected chi connectivity index (χ2v) is 9.37. The quantitative estimate of drug-likeness (QED) is 0.239. The van der Waals surface area contributed by atoms with Gasteiger partial charge in [0.05, 0.1) is 30.2 Å². The van der Waals surface area contributed by atoms with Crippen LogP contribution in [0, 0.1) is 13.8 Å². The van der Waals surface area contributed by atoms with E-state index in [1.165, 1.54) is 11.3 Å². The van der Waals surface area contributed by atoms with Gasteiger partial charge in [0.15, 0.2) is 5.13 Å². The van der Waals surface area contributed by atoms with Crippen molar-refractivity contribution in [2.24, 2.45) is 0 Å². The Morgan fingerprint density at radius 1 is 1.09 bits per heavy atom. The number of carbonyl (C=O) groups excluding carboxylic acids is 1. The molecule has 0 radical (unpaired) electrons. The minimum atomic E-state index is -0.108. The molecule has 0 aliphatic carbocycles. The van der Waals surface area contributed by atoms with E-state index in [1.807, 2.05) is 74.0 Å². The molecule has 35 heavy (non-hydrogen) atoms. The van der Waals surface area contributed by atoms with Gasteiger partial charge in [0.2, 0.25) is 0 Å². The summed E-state index contributed by atoms with van der Waals surface area (Å²) in [7, 11) is 0. The third-order valence-corrected chi connectivity index (χ3v) is 6.70. The maximum absolute atomic E-state index is 13.7. The van der Waals surface area contributed by atoms with Crippen LogP contribution in [0.3, 0.4) is 0 Å². The molecular weight excluding hydrogens is 460 g/mol. The minimum Gasteiger partial charge on any atom is -0.494 e. The number of ether oxygens (including phenoxy) is 2. The van der Waals surface area contributed by atoms with E-state index in [1.54, 1.807) is 4.90 Å². The third kappa shape index (κ3) is 5.82. The summed E-state index contributed by atoms with van der Waals surface area (Å²) < 4.78 is 14.4. The Morgan fingerprint density at radius 2 is 1.89 bits per heavy atom. The molecule has 4 aromatic rings. The smallest absolute Gasteiger partial charge is 0.260 e. The topological polar surface area (TPSA) is 69.5 Å². The van der Waals surface area contributed by atoms with Crippen molar-refractivity contribution >= 4 is 32.6 Å². The van der Waals surface area contributed by atoms with Crippen LogP contribution in [0.25, 0.3) is 10.2 Å². The molecule has 0 N–H and O–H groups in total. The second kappa shape index (κ2) is 11.4. The fourth-order valence-electron chi connectivity index (χ4n) is 3.86. The number of amides is 1. The van der Waals surface area contributed by atoms with Gasteiger partial charge in [-0.2, -0.15) is 5.10 Å². The lowest BCUT2D eigenvalue weighted by Crippen LogP contribution is -2.34. The zero-order chi connectivity index (χ0) is 24.8. The largest absolute Gasteiger partial charge is 0.494 e. The number of aryl methyl sites for hydroxylation is 2. The maximum Gasteiger partial charge on any atom is 0.260 e. The molecule has 2 heterocycles. The number of para-hydroxylation sites is 1. The zero-order valence-corrected chi connectivity index (χ0v) is 21.6. The maximum atomic E-state index is 13.7. The Labute approximate surface area is 210 Å². The van der Waals surface area contributed by atoms with Crippen LogP contribution in [0.5, 0.6) is 11.5 Å². The molecule has 0 saturated carbocycles. The fraction of sp³-hybridized carbons (Fsp3) is 0.370. The van der Waals surface area contributed by atoms with E-state index in [2.05, 4.69) is 12.0 Å². The molecule has 184 valence electrons. The van der Waals surface area contributed by atoms with Crippen molar-refractivity contribution in [2.45, 2.75) is 47.1 Å². The van der Waals surface area contributed by atoms with E-state index in [-0.39, 0.29) is 5.91 Å². The number of thiazole rings is 1. The summed E-state index contributed by atoms with van der Waals surface area (Å²) in [6.07, 6.45) is 2.08. The van der Waals surface area contributed by atoms with E-state index in [0.717, 1.165) is 45.9 Å². The molecule has 0 bridgehead atoms. The molecule has 2 aromatic heterocycles. The van der Waals surface area contributed by atoms with Gasteiger partial charge < -0.3 is 9.47 Å². The summed E-state index contributed by atoms with van der Waals surface area (Å²) in [4.78, 5) is 20.3. The van der Waals surface area contributed by atoms with E-state index >= 15 is 0 Å². The lowest BCUT2D eigenvalue weighted by molar-refractivity contribution is 0.0985. The first kappa shape index (κ1) is 24.7. The number of aromatic nitrogens is 3. The molecule has 0 spiro atoms. The second-order valence-electron chi connectivity index (χ2n) is 8.37. The van der Waals surface area contributed by atoms with Crippen molar-refractivity contribution in [1.29, 1.82) is 0 Å². The number of rotatable bonds is 11. The summed E-state index contributed by atoms with van der Waals surface area (Å²) in [5, 5.41) is 5.20. The predicted octanol–water partition coefficient (Wildman–Crippen LogP) is 6.03. The first-order valence-corrected chi connectivity index (χ1v) is 12.9. The summed E-state index contributed by atoms with van der Waals surface area (Å²) >= 11 is 1.49. The van der Waals surface area contributed by atoms with Crippen molar-refractivity contribution < 1.29 is 14.3 Å². The van der Waals surface area contributed by atoms with Crippen molar-refractivity contribution in [3.63, 3.8) is 0 Å². The SMILES string of the molecule is CCCCOc1ccc(C(=O)N(CCn2nc(C)cc2C)c2nc3c(OCC)cccc3s2)cc1. The summed E-state index contributed by atoms with van der Waals surface area (Å²) in [5.74, 6) is 1.39. The molecule has 0 atom stereocenters. The van der Waals surface area contributed by atoms with Gasteiger partial charge in [-0.3, -0.25) is 14.4 Å². The molecule has 2 aromatic carbocycles. The van der Waals surface area contributed by atoms with Crippen LogP contribution < -0.4 is 14.4 Å².